The molecule has 0 heterocycles. The van der Waals surface area contributed by atoms with Gasteiger partial charge in [-0.05, 0) is 84.3 Å². The highest BCUT2D eigenvalue weighted by atomic mass is 32.2. The molecule has 2 N–H and O–H groups in total. The predicted molar refractivity (Wildman–Crippen MR) is 169 cm³/mol. The summed E-state index contributed by atoms with van der Waals surface area (Å²) in [4.78, 5) is 27.8. The van der Waals surface area contributed by atoms with E-state index in [9.17, 15) is 19.8 Å². The van der Waals surface area contributed by atoms with Gasteiger partial charge >= 0.3 is 5.97 Å². The van der Waals surface area contributed by atoms with Crippen LogP contribution in [-0.4, -0.2) is 40.0 Å². The lowest BCUT2D eigenvalue weighted by molar-refractivity contribution is -0.118. The molecule has 216 valence electrons. The molecule has 0 saturated heterocycles. The number of carboxylic acid groups (broad SMARTS) is 1. The number of hydrogen-bond donors (Lipinski definition) is 2. The van der Waals surface area contributed by atoms with Gasteiger partial charge in [-0.15, -0.1) is 0 Å². The SMILES string of the molecule is CN(CC(=O)N(Cc1ccc(C2CCCCC2)cc1)c1ccc(C(=O)O)c(O)c1)Sc1ccc(-c2ccccc2)cc1. The van der Waals surface area contributed by atoms with E-state index < -0.39 is 5.97 Å². The number of phenols is 1. The van der Waals surface area contributed by atoms with Crippen molar-refractivity contribution in [1.29, 1.82) is 0 Å². The van der Waals surface area contributed by atoms with Crippen molar-refractivity contribution in [2.75, 3.05) is 18.5 Å². The predicted octanol–water partition coefficient (Wildman–Crippen LogP) is 7.98. The third kappa shape index (κ3) is 7.41. The third-order valence-electron chi connectivity index (χ3n) is 7.80. The van der Waals surface area contributed by atoms with Gasteiger partial charge in [-0.1, -0.05) is 86.0 Å². The summed E-state index contributed by atoms with van der Waals surface area (Å²) in [6, 6.07) is 31.2. The second-order valence-electron chi connectivity index (χ2n) is 10.8. The van der Waals surface area contributed by atoms with E-state index in [1.807, 2.05) is 41.7 Å². The summed E-state index contributed by atoms with van der Waals surface area (Å²) >= 11 is 1.48. The highest BCUT2D eigenvalue weighted by Gasteiger charge is 2.22. The van der Waals surface area contributed by atoms with Crippen LogP contribution in [0.5, 0.6) is 5.75 Å². The first-order valence-electron chi connectivity index (χ1n) is 14.4. The quantitative estimate of drug-likeness (QED) is 0.185. The second kappa shape index (κ2) is 13.7. The highest BCUT2D eigenvalue weighted by Crippen LogP contribution is 2.33. The molecular formula is C35H36N2O4S. The van der Waals surface area contributed by atoms with Gasteiger partial charge in [-0.25, -0.2) is 9.10 Å². The van der Waals surface area contributed by atoms with Gasteiger partial charge in [0.05, 0.1) is 13.1 Å². The van der Waals surface area contributed by atoms with Crippen molar-refractivity contribution >= 4 is 29.5 Å². The smallest absolute Gasteiger partial charge is 0.339 e. The number of anilines is 1. The Bertz CT molecular complexity index is 1500. The molecule has 4 aromatic carbocycles. The van der Waals surface area contributed by atoms with Crippen molar-refractivity contribution in [3.05, 3.63) is 114 Å². The fourth-order valence-electron chi connectivity index (χ4n) is 5.53. The van der Waals surface area contributed by atoms with Gasteiger partial charge in [0, 0.05) is 16.6 Å². The summed E-state index contributed by atoms with van der Waals surface area (Å²) in [6.45, 7) is 0.423. The summed E-state index contributed by atoms with van der Waals surface area (Å²) < 4.78 is 1.88. The maximum atomic E-state index is 13.7. The first-order chi connectivity index (χ1) is 20.4. The zero-order valence-electron chi connectivity index (χ0n) is 23.8. The molecule has 6 nitrogen and oxygen atoms in total. The van der Waals surface area contributed by atoms with Crippen LogP contribution < -0.4 is 4.90 Å². The molecule has 1 saturated carbocycles. The van der Waals surface area contributed by atoms with E-state index in [1.165, 1.54) is 61.7 Å². The summed E-state index contributed by atoms with van der Waals surface area (Å²) in [5.74, 6) is -1.15. The lowest BCUT2D eigenvalue weighted by atomic mass is 9.84. The highest BCUT2D eigenvalue weighted by molar-refractivity contribution is 7.97. The number of carbonyl (C=O) groups is 2. The molecule has 5 rings (SSSR count). The van der Waals surface area contributed by atoms with Crippen molar-refractivity contribution in [1.82, 2.24) is 4.31 Å². The minimum atomic E-state index is -1.22. The fraction of sp³-hybridized carbons (Fsp3) is 0.257. The zero-order chi connectivity index (χ0) is 29.5. The van der Waals surface area contributed by atoms with Gasteiger partial charge in [0.1, 0.15) is 11.3 Å². The van der Waals surface area contributed by atoms with Crippen LogP contribution in [0, 0.1) is 0 Å². The normalized spacial score (nSPS) is 13.7. The van der Waals surface area contributed by atoms with E-state index in [1.54, 1.807) is 11.0 Å². The van der Waals surface area contributed by atoms with Gasteiger partial charge in [0.25, 0.3) is 0 Å². The summed E-state index contributed by atoms with van der Waals surface area (Å²) in [5.41, 5.74) is 4.84. The Morgan fingerprint density at radius 1 is 0.833 bits per heavy atom. The lowest BCUT2D eigenvalue weighted by Crippen LogP contribution is -2.36. The first-order valence-corrected chi connectivity index (χ1v) is 15.1. The van der Waals surface area contributed by atoms with Crippen LogP contribution in [0.25, 0.3) is 11.1 Å². The van der Waals surface area contributed by atoms with Gasteiger partial charge in [-0.2, -0.15) is 0 Å². The van der Waals surface area contributed by atoms with E-state index in [4.69, 9.17) is 0 Å². The number of aromatic hydroxyl groups is 1. The molecule has 1 aliphatic rings. The van der Waals surface area contributed by atoms with E-state index in [0.717, 1.165) is 21.6 Å². The van der Waals surface area contributed by atoms with E-state index in [0.29, 0.717) is 18.2 Å². The average molecular weight is 581 g/mol. The van der Waals surface area contributed by atoms with E-state index in [2.05, 4.69) is 48.5 Å². The second-order valence-corrected chi connectivity index (χ2v) is 12.1. The van der Waals surface area contributed by atoms with Crippen LogP contribution in [0.1, 0.15) is 59.5 Å². The molecule has 1 aliphatic carbocycles. The Labute approximate surface area is 251 Å². The molecule has 0 aliphatic heterocycles. The lowest BCUT2D eigenvalue weighted by Gasteiger charge is -2.26. The van der Waals surface area contributed by atoms with E-state index >= 15 is 0 Å². The van der Waals surface area contributed by atoms with Gasteiger partial charge in [0.15, 0.2) is 0 Å². The zero-order valence-corrected chi connectivity index (χ0v) is 24.6. The third-order valence-corrected chi connectivity index (χ3v) is 8.73. The van der Waals surface area contributed by atoms with Gasteiger partial charge < -0.3 is 15.1 Å². The Kier molecular flexibility index (Phi) is 9.62. The summed E-state index contributed by atoms with van der Waals surface area (Å²) in [6.07, 6.45) is 6.29. The van der Waals surface area contributed by atoms with Gasteiger partial charge in [0.2, 0.25) is 5.91 Å². The summed E-state index contributed by atoms with van der Waals surface area (Å²) in [7, 11) is 1.87. The number of benzene rings is 4. The van der Waals surface area contributed by atoms with Crippen molar-refractivity contribution in [2.24, 2.45) is 0 Å². The molecule has 0 aromatic heterocycles. The molecule has 4 aromatic rings. The molecule has 1 fully saturated rings. The largest absolute Gasteiger partial charge is 0.507 e. The number of rotatable bonds is 10. The molecule has 0 radical (unpaired) electrons. The summed E-state index contributed by atoms with van der Waals surface area (Å²) in [5, 5.41) is 19.8. The number of likely N-dealkylation sites (N-methyl/N-ethyl adjacent to an activating group) is 1. The molecule has 7 heteroatoms. The minimum absolute atomic E-state index is 0.118. The molecule has 0 bridgehead atoms. The molecule has 0 spiro atoms. The van der Waals surface area contributed by atoms with Crippen LogP contribution in [0.4, 0.5) is 5.69 Å². The number of carboxylic acids is 1. The number of aromatic carboxylic acids is 1. The topological polar surface area (TPSA) is 81.1 Å². The van der Waals surface area contributed by atoms with Gasteiger partial charge in [-0.3, -0.25) is 4.79 Å². The number of carbonyl (C=O) groups excluding carboxylic acids is 1. The van der Waals surface area contributed by atoms with Crippen LogP contribution in [0.3, 0.4) is 0 Å². The molecular weight excluding hydrogens is 544 g/mol. The van der Waals surface area contributed by atoms with Crippen molar-refractivity contribution in [3.63, 3.8) is 0 Å². The first kappa shape index (κ1) is 29.4. The molecule has 0 atom stereocenters. The Balaban J connectivity index is 1.31. The molecule has 1 amide bonds. The minimum Gasteiger partial charge on any atom is -0.507 e. The van der Waals surface area contributed by atoms with Crippen LogP contribution >= 0.6 is 11.9 Å². The molecule has 0 unspecified atom stereocenters. The molecule has 42 heavy (non-hydrogen) atoms. The van der Waals surface area contributed by atoms with Crippen LogP contribution in [0.2, 0.25) is 0 Å². The Morgan fingerprint density at radius 3 is 2.14 bits per heavy atom. The monoisotopic (exact) mass is 580 g/mol. The van der Waals surface area contributed by atoms with Crippen LogP contribution in [0.15, 0.2) is 102 Å². The maximum Gasteiger partial charge on any atom is 0.339 e. The maximum absolute atomic E-state index is 13.7. The van der Waals surface area contributed by atoms with Crippen molar-refractivity contribution in [2.45, 2.75) is 49.5 Å². The number of amides is 1. The fourth-order valence-corrected chi connectivity index (χ4v) is 6.33. The number of hydrogen-bond acceptors (Lipinski definition) is 5. The Morgan fingerprint density at radius 2 is 1.50 bits per heavy atom. The average Bonchev–Trinajstić information content (AvgIpc) is 3.01. The van der Waals surface area contributed by atoms with Crippen LogP contribution in [-0.2, 0) is 11.3 Å². The Hall–Kier alpha value is -4.07. The number of nitrogens with zero attached hydrogens (tertiary/aromatic N) is 2. The van der Waals surface area contributed by atoms with Crippen molar-refractivity contribution < 1.29 is 19.8 Å². The standard InChI is InChI=1S/C35H36N2O4S/c1-36(42-31-19-16-29(17-20-31)27-10-6-3-7-11-27)24-34(39)37(30-18-21-32(35(40)41)33(38)22-30)23-25-12-14-28(15-13-25)26-8-4-2-5-9-26/h3,6-7,10-22,26,38H,2,4-5,8-9,23-24H2,1H3,(H,40,41). The van der Waals surface area contributed by atoms with Crippen molar-refractivity contribution in [3.8, 4) is 16.9 Å². The van der Waals surface area contributed by atoms with E-state index in [-0.39, 0.29) is 23.8 Å².